The summed E-state index contributed by atoms with van der Waals surface area (Å²) in [6.45, 7) is 3.32. The summed E-state index contributed by atoms with van der Waals surface area (Å²) in [5, 5.41) is 0. The van der Waals surface area contributed by atoms with Crippen molar-refractivity contribution in [2.45, 2.75) is 20.3 Å². The number of aryl methyl sites for hydroxylation is 1. The number of ether oxygens (including phenoxy) is 2. The topological polar surface area (TPSA) is 52.6 Å². The maximum Gasteiger partial charge on any atom is 0.343 e. The molecule has 0 amide bonds. The second-order valence-electron chi connectivity index (χ2n) is 3.84. The van der Waals surface area contributed by atoms with E-state index in [1.165, 1.54) is 7.11 Å². The summed E-state index contributed by atoms with van der Waals surface area (Å²) in [4.78, 5) is 21.9. The van der Waals surface area contributed by atoms with Crippen LogP contribution in [0.5, 0.6) is 5.75 Å². The zero-order chi connectivity index (χ0) is 12.8. The van der Waals surface area contributed by atoms with Crippen LogP contribution in [0, 0.1) is 6.92 Å². The van der Waals surface area contributed by atoms with Crippen molar-refractivity contribution in [3.05, 3.63) is 29.3 Å². The van der Waals surface area contributed by atoms with Gasteiger partial charge < -0.3 is 9.47 Å². The van der Waals surface area contributed by atoms with E-state index >= 15 is 0 Å². The number of methoxy groups -OCH3 is 1. The van der Waals surface area contributed by atoms with E-state index in [0.717, 1.165) is 11.1 Å². The van der Waals surface area contributed by atoms with Crippen molar-refractivity contribution >= 4 is 11.8 Å². The van der Waals surface area contributed by atoms with Crippen LogP contribution < -0.4 is 4.74 Å². The van der Waals surface area contributed by atoms with Crippen LogP contribution in [0.3, 0.4) is 0 Å². The van der Waals surface area contributed by atoms with Crippen LogP contribution in [0.2, 0.25) is 0 Å². The first-order chi connectivity index (χ1) is 8.02. The molecule has 0 aliphatic heterocycles. The minimum absolute atomic E-state index is 0.108. The minimum atomic E-state index is -0.419. The van der Waals surface area contributed by atoms with Gasteiger partial charge in [0.25, 0.3) is 0 Å². The molecule has 17 heavy (non-hydrogen) atoms. The first-order valence-electron chi connectivity index (χ1n) is 5.31. The summed E-state index contributed by atoms with van der Waals surface area (Å²) in [5.41, 5.74) is 1.84. The van der Waals surface area contributed by atoms with Crippen molar-refractivity contribution in [2.24, 2.45) is 0 Å². The molecule has 0 fully saturated rings. The van der Waals surface area contributed by atoms with Gasteiger partial charge in [-0.3, -0.25) is 4.79 Å². The average molecular weight is 236 g/mol. The lowest BCUT2D eigenvalue weighted by Gasteiger charge is -2.09. The first-order valence-corrected chi connectivity index (χ1v) is 5.31. The molecular weight excluding hydrogens is 220 g/mol. The van der Waals surface area contributed by atoms with E-state index in [4.69, 9.17) is 4.74 Å². The Morgan fingerprint density at radius 2 is 2.00 bits per heavy atom. The molecule has 1 rings (SSSR count). The largest absolute Gasteiger partial charge is 0.482 e. The molecule has 92 valence electrons. The fraction of sp³-hybridized carbons (Fsp3) is 0.385. The molecule has 4 heteroatoms. The van der Waals surface area contributed by atoms with Gasteiger partial charge in [0.05, 0.1) is 7.11 Å². The van der Waals surface area contributed by atoms with Gasteiger partial charge in [-0.1, -0.05) is 12.1 Å². The van der Waals surface area contributed by atoms with Crippen molar-refractivity contribution in [3.8, 4) is 5.75 Å². The molecule has 0 unspecified atom stereocenters. The number of carbonyl (C=O) groups is 2. The van der Waals surface area contributed by atoms with Crippen molar-refractivity contribution in [1.82, 2.24) is 0 Å². The Bertz CT molecular complexity index is 423. The predicted molar refractivity (Wildman–Crippen MR) is 63.1 cm³/mol. The van der Waals surface area contributed by atoms with Gasteiger partial charge >= 0.3 is 5.97 Å². The molecule has 0 aliphatic rings. The van der Waals surface area contributed by atoms with E-state index in [9.17, 15) is 9.59 Å². The Morgan fingerprint density at radius 3 is 2.53 bits per heavy atom. The van der Waals surface area contributed by atoms with Crippen molar-refractivity contribution in [3.63, 3.8) is 0 Å². The Balaban J connectivity index is 2.69. The zero-order valence-corrected chi connectivity index (χ0v) is 10.3. The van der Waals surface area contributed by atoms with E-state index in [1.54, 1.807) is 13.0 Å². The molecule has 1 aromatic rings. The maximum absolute atomic E-state index is 11.0. The molecule has 0 N–H and O–H groups in total. The molecule has 4 nitrogen and oxygen atoms in total. The first kappa shape index (κ1) is 13.2. The SMILES string of the molecule is COC(=O)COc1ccc(CC(C)=O)cc1C. The minimum Gasteiger partial charge on any atom is -0.482 e. The van der Waals surface area contributed by atoms with Gasteiger partial charge in [0, 0.05) is 6.42 Å². The lowest BCUT2D eigenvalue weighted by atomic mass is 10.1. The number of hydrogen-bond donors (Lipinski definition) is 0. The summed E-state index contributed by atoms with van der Waals surface area (Å²) >= 11 is 0. The predicted octanol–water partition coefficient (Wildman–Crippen LogP) is 1.68. The highest BCUT2D eigenvalue weighted by Gasteiger charge is 2.06. The van der Waals surface area contributed by atoms with E-state index in [1.807, 2.05) is 19.1 Å². The Hall–Kier alpha value is -1.84. The normalized spacial score (nSPS) is 9.82. The highest BCUT2D eigenvalue weighted by atomic mass is 16.6. The molecule has 0 radical (unpaired) electrons. The molecule has 0 saturated heterocycles. The van der Waals surface area contributed by atoms with Crippen molar-refractivity contribution < 1.29 is 19.1 Å². The summed E-state index contributed by atoms with van der Waals surface area (Å²) in [6.07, 6.45) is 0.415. The van der Waals surface area contributed by atoms with Crippen LogP contribution >= 0.6 is 0 Å². The van der Waals surface area contributed by atoms with E-state index in [0.29, 0.717) is 12.2 Å². The molecule has 0 spiro atoms. The molecule has 0 saturated carbocycles. The van der Waals surface area contributed by atoms with Crippen LogP contribution in [0.4, 0.5) is 0 Å². The van der Waals surface area contributed by atoms with Gasteiger partial charge in [-0.25, -0.2) is 4.79 Å². The Morgan fingerprint density at radius 1 is 1.29 bits per heavy atom. The number of esters is 1. The molecule has 0 aliphatic carbocycles. The highest BCUT2D eigenvalue weighted by molar-refractivity contribution is 5.78. The van der Waals surface area contributed by atoms with Crippen LogP contribution in [0.1, 0.15) is 18.1 Å². The number of rotatable bonds is 5. The third kappa shape index (κ3) is 4.26. The summed E-state index contributed by atoms with van der Waals surface area (Å²) in [7, 11) is 1.31. The lowest BCUT2D eigenvalue weighted by Crippen LogP contribution is -2.13. The lowest BCUT2D eigenvalue weighted by molar-refractivity contribution is -0.142. The van der Waals surface area contributed by atoms with Crippen LogP contribution in [0.25, 0.3) is 0 Å². The van der Waals surface area contributed by atoms with Crippen molar-refractivity contribution in [1.29, 1.82) is 0 Å². The van der Waals surface area contributed by atoms with E-state index in [2.05, 4.69) is 4.74 Å². The van der Waals surface area contributed by atoms with Crippen molar-refractivity contribution in [2.75, 3.05) is 13.7 Å². The number of hydrogen-bond acceptors (Lipinski definition) is 4. The van der Waals surface area contributed by atoms with Gasteiger partial charge in [-0.05, 0) is 31.0 Å². The monoisotopic (exact) mass is 236 g/mol. The average Bonchev–Trinajstić information content (AvgIpc) is 2.26. The summed E-state index contributed by atoms with van der Waals surface area (Å²) in [5.74, 6) is 0.326. The Labute approximate surface area is 101 Å². The smallest absolute Gasteiger partial charge is 0.343 e. The Kier molecular flexibility index (Phi) is 4.69. The number of Topliss-reactive ketones (excluding diaryl/α,β-unsaturated/α-hetero) is 1. The summed E-state index contributed by atoms with van der Waals surface area (Å²) < 4.78 is 9.77. The van der Waals surface area contributed by atoms with Crippen LogP contribution in [0.15, 0.2) is 18.2 Å². The van der Waals surface area contributed by atoms with Gasteiger partial charge in [-0.2, -0.15) is 0 Å². The third-order valence-corrected chi connectivity index (χ3v) is 2.27. The zero-order valence-electron chi connectivity index (χ0n) is 10.3. The van der Waals surface area contributed by atoms with Gasteiger partial charge in [-0.15, -0.1) is 0 Å². The van der Waals surface area contributed by atoms with E-state index in [-0.39, 0.29) is 12.4 Å². The number of carbonyl (C=O) groups excluding carboxylic acids is 2. The molecule has 1 aromatic carbocycles. The molecular formula is C13H16O4. The number of benzene rings is 1. The highest BCUT2D eigenvalue weighted by Crippen LogP contribution is 2.19. The van der Waals surface area contributed by atoms with Gasteiger partial charge in [0.1, 0.15) is 11.5 Å². The second kappa shape index (κ2) is 6.03. The standard InChI is InChI=1S/C13H16O4/c1-9-6-11(7-10(2)14)4-5-12(9)17-8-13(15)16-3/h4-6H,7-8H2,1-3H3. The fourth-order valence-corrected chi connectivity index (χ4v) is 1.47. The van der Waals surface area contributed by atoms with E-state index < -0.39 is 5.97 Å². The molecule has 0 heterocycles. The van der Waals surface area contributed by atoms with Crippen LogP contribution in [-0.2, 0) is 20.7 Å². The third-order valence-electron chi connectivity index (χ3n) is 2.27. The molecule has 0 bridgehead atoms. The maximum atomic E-state index is 11.0. The molecule has 0 aromatic heterocycles. The quantitative estimate of drug-likeness (QED) is 0.730. The van der Waals surface area contributed by atoms with Gasteiger partial charge in [0.2, 0.25) is 0 Å². The summed E-state index contributed by atoms with van der Waals surface area (Å²) in [6, 6.07) is 5.46. The second-order valence-corrected chi connectivity index (χ2v) is 3.84. The number of ketones is 1. The molecule has 0 atom stereocenters. The van der Waals surface area contributed by atoms with Gasteiger partial charge in [0.15, 0.2) is 6.61 Å². The fourth-order valence-electron chi connectivity index (χ4n) is 1.47. The van der Waals surface area contributed by atoms with Crippen LogP contribution in [-0.4, -0.2) is 25.5 Å².